The molecule has 2 N–H and O–H groups in total. The summed E-state index contributed by atoms with van der Waals surface area (Å²) in [6.07, 6.45) is 2.29. The fourth-order valence-electron chi connectivity index (χ4n) is 5.56. The highest BCUT2D eigenvalue weighted by Gasteiger charge is 2.42. The molecule has 0 spiro atoms. The van der Waals surface area contributed by atoms with Gasteiger partial charge in [-0.15, -0.1) is 0 Å². The molecule has 2 aliphatic rings. The lowest BCUT2D eigenvalue weighted by atomic mass is 9.89. The summed E-state index contributed by atoms with van der Waals surface area (Å²) in [6.45, 7) is 2.81. The summed E-state index contributed by atoms with van der Waals surface area (Å²) in [4.78, 5) is 29.6. The van der Waals surface area contributed by atoms with Crippen LogP contribution >= 0.6 is 0 Å². The highest BCUT2D eigenvalue weighted by Crippen LogP contribution is 2.40. The number of aromatic nitrogens is 1. The van der Waals surface area contributed by atoms with Crippen LogP contribution < -0.4 is 15.4 Å². The van der Waals surface area contributed by atoms with E-state index in [0.717, 1.165) is 43.6 Å². The van der Waals surface area contributed by atoms with Gasteiger partial charge < -0.3 is 20.1 Å². The number of nitrogens with one attached hydrogen (secondary N) is 2. The van der Waals surface area contributed by atoms with Gasteiger partial charge in [-0.05, 0) is 56.9 Å². The Morgan fingerprint density at radius 3 is 2.51 bits per heavy atom. The zero-order valence-corrected chi connectivity index (χ0v) is 22.3. The van der Waals surface area contributed by atoms with Crippen LogP contribution in [0.3, 0.4) is 0 Å². The number of nitrogens with zero attached hydrogens (tertiary/aromatic N) is 1. The zero-order chi connectivity index (χ0) is 27.7. The molecule has 2 aromatic carbocycles. The molecule has 1 unspecified atom stereocenters. The zero-order valence-electron chi connectivity index (χ0n) is 22.3. The van der Waals surface area contributed by atoms with Crippen molar-refractivity contribution < 1.29 is 27.8 Å². The lowest BCUT2D eigenvalue weighted by molar-refractivity contribution is -0.142. The van der Waals surface area contributed by atoms with Crippen LogP contribution in [0, 0.1) is 12.8 Å². The number of hydrogen-bond donors (Lipinski definition) is 2. The van der Waals surface area contributed by atoms with E-state index in [-0.39, 0.29) is 30.1 Å². The van der Waals surface area contributed by atoms with Crippen LogP contribution in [0.2, 0.25) is 0 Å². The van der Waals surface area contributed by atoms with Crippen molar-refractivity contribution >= 4 is 28.5 Å². The van der Waals surface area contributed by atoms with E-state index in [2.05, 4.69) is 15.6 Å². The molecule has 7 nitrogen and oxygen atoms in total. The Kier molecular flexibility index (Phi) is 7.42. The van der Waals surface area contributed by atoms with Crippen LogP contribution in [0.25, 0.3) is 10.9 Å². The van der Waals surface area contributed by atoms with Crippen molar-refractivity contribution in [2.24, 2.45) is 5.92 Å². The van der Waals surface area contributed by atoms with Crippen LogP contribution in [0.15, 0.2) is 48.5 Å². The SMILES string of the molecule is COc1ccccc1C1OC(=O)C[C@H]1C(=O)NC1CCC(Nc2cc(C(C)(F)F)nc3ccc(C)cc23)CC1. The van der Waals surface area contributed by atoms with E-state index in [9.17, 15) is 18.4 Å². The van der Waals surface area contributed by atoms with Gasteiger partial charge in [-0.3, -0.25) is 9.59 Å². The minimum absolute atomic E-state index is 0.0182. The molecule has 9 heteroatoms. The number of carbonyl (C=O) groups is 2. The minimum atomic E-state index is -3.05. The Labute approximate surface area is 226 Å². The van der Waals surface area contributed by atoms with Gasteiger partial charge in [-0.2, -0.15) is 8.78 Å². The van der Waals surface area contributed by atoms with E-state index in [1.54, 1.807) is 19.2 Å². The first kappa shape index (κ1) is 26.8. The molecule has 0 bridgehead atoms. The number of halogens is 2. The Morgan fingerprint density at radius 1 is 1.08 bits per heavy atom. The first-order valence-electron chi connectivity index (χ1n) is 13.3. The summed E-state index contributed by atoms with van der Waals surface area (Å²) >= 11 is 0. The highest BCUT2D eigenvalue weighted by atomic mass is 19.3. The molecule has 1 saturated heterocycles. The largest absolute Gasteiger partial charge is 0.496 e. The molecule has 39 heavy (non-hydrogen) atoms. The lowest BCUT2D eigenvalue weighted by Gasteiger charge is -2.31. The molecule has 206 valence electrons. The predicted octanol–water partition coefficient (Wildman–Crippen LogP) is 5.81. The maximum Gasteiger partial charge on any atom is 0.307 e. The fourth-order valence-corrected chi connectivity index (χ4v) is 5.56. The second-order valence-corrected chi connectivity index (χ2v) is 10.6. The number of amides is 1. The maximum absolute atomic E-state index is 14.2. The third-order valence-electron chi connectivity index (χ3n) is 7.64. The second-order valence-electron chi connectivity index (χ2n) is 10.6. The summed E-state index contributed by atoms with van der Waals surface area (Å²) in [5, 5.41) is 7.41. The standard InChI is InChI=1S/C30H33F2N3O4/c1-17-8-13-23-21(14-17)24(16-26(35-23)30(2,31)32)33-18-9-11-19(12-10-18)34-29(37)22-15-27(36)39-28(22)20-6-4-5-7-25(20)38-3/h4-8,13-14,16,18-19,22,28H,9-12,15H2,1-3H3,(H,33,35)(H,34,37)/t18?,19?,22-,28?/m1/s1. The van der Waals surface area contributed by atoms with Crippen LogP contribution in [-0.2, 0) is 20.2 Å². The number of para-hydroxylation sites is 1. The molecule has 1 aliphatic heterocycles. The number of esters is 1. The summed E-state index contributed by atoms with van der Waals surface area (Å²) in [5.74, 6) is -3.73. The molecular weight excluding hydrogens is 504 g/mol. The summed E-state index contributed by atoms with van der Waals surface area (Å²) in [5.41, 5.74) is 2.61. The fraction of sp³-hybridized carbons (Fsp3) is 0.433. The average Bonchev–Trinajstić information content (AvgIpc) is 3.31. The topological polar surface area (TPSA) is 89.5 Å². The van der Waals surface area contributed by atoms with Crippen molar-refractivity contribution in [1.82, 2.24) is 10.3 Å². The minimum Gasteiger partial charge on any atom is -0.496 e. The number of benzene rings is 2. The number of cyclic esters (lactones) is 1. The smallest absolute Gasteiger partial charge is 0.307 e. The number of alkyl halides is 2. The van der Waals surface area contributed by atoms with Gasteiger partial charge in [-0.1, -0.05) is 29.8 Å². The van der Waals surface area contributed by atoms with Gasteiger partial charge in [0.2, 0.25) is 5.91 Å². The van der Waals surface area contributed by atoms with Crippen molar-refractivity contribution in [1.29, 1.82) is 0 Å². The molecule has 2 heterocycles. The van der Waals surface area contributed by atoms with Crippen LogP contribution in [0.4, 0.5) is 14.5 Å². The van der Waals surface area contributed by atoms with Crippen molar-refractivity contribution in [3.63, 3.8) is 0 Å². The number of ether oxygens (including phenoxy) is 2. The summed E-state index contributed by atoms with van der Waals surface area (Å²) in [6, 6.07) is 14.3. The monoisotopic (exact) mass is 537 g/mol. The van der Waals surface area contributed by atoms with Gasteiger partial charge >= 0.3 is 5.97 Å². The number of carbonyl (C=O) groups excluding carboxylic acids is 2. The van der Waals surface area contributed by atoms with Gasteiger partial charge in [0.25, 0.3) is 5.92 Å². The normalized spacial score (nSPS) is 23.4. The third kappa shape index (κ3) is 5.82. The van der Waals surface area contributed by atoms with Gasteiger partial charge in [0.15, 0.2) is 0 Å². The number of aryl methyl sites for hydroxylation is 1. The molecule has 1 aliphatic carbocycles. The van der Waals surface area contributed by atoms with E-state index < -0.39 is 23.9 Å². The number of methoxy groups -OCH3 is 1. The van der Waals surface area contributed by atoms with Crippen LogP contribution in [-0.4, -0.2) is 36.1 Å². The first-order valence-corrected chi connectivity index (χ1v) is 13.3. The third-order valence-corrected chi connectivity index (χ3v) is 7.64. The van der Waals surface area contributed by atoms with Gasteiger partial charge in [0.1, 0.15) is 17.5 Å². The van der Waals surface area contributed by atoms with E-state index in [1.807, 2.05) is 37.3 Å². The van der Waals surface area contributed by atoms with Gasteiger partial charge in [-0.25, -0.2) is 4.98 Å². The molecule has 1 amide bonds. The number of rotatable bonds is 7. The summed E-state index contributed by atoms with van der Waals surface area (Å²) in [7, 11) is 1.54. The van der Waals surface area contributed by atoms with E-state index >= 15 is 0 Å². The number of fused-ring (bicyclic) bond motifs is 1. The number of hydrogen-bond acceptors (Lipinski definition) is 6. The summed E-state index contributed by atoms with van der Waals surface area (Å²) < 4.78 is 39.3. The molecular formula is C30H33F2N3O4. The number of anilines is 1. The van der Waals surface area contributed by atoms with Crippen molar-refractivity contribution in [2.75, 3.05) is 12.4 Å². The molecule has 0 radical (unpaired) electrons. The van der Waals surface area contributed by atoms with E-state index in [0.29, 0.717) is 22.5 Å². The van der Waals surface area contributed by atoms with E-state index in [4.69, 9.17) is 9.47 Å². The molecule has 2 atom stereocenters. The predicted molar refractivity (Wildman–Crippen MR) is 144 cm³/mol. The molecule has 5 rings (SSSR count). The Hall–Kier alpha value is -3.75. The Balaban J connectivity index is 1.24. The van der Waals surface area contributed by atoms with Crippen molar-refractivity contribution in [3.05, 3.63) is 65.4 Å². The molecule has 2 fully saturated rings. The quantitative estimate of drug-likeness (QED) is 0.370. The van der Waals surface area contributed by atoms with Crippen molar-refractivity contribution in [2.45, 2.75) is 70.1 Å². The first-order chi connectivity index (χ1) is 18.6. The molecule has 3 aromatic rings. The molecule has 1 aromatic heterocycles. The lowest BCUT2D eigenvalue weighted by Crippen LogP contribution is -2.43. The van der Waals surface area contributed by atoms with Crippen molar-refractivity contribution in [3.8, 4) is 5.75 Å². The second kappa shape index (κ2) is 10.8. The van der Waals surface area contributed by atoms with Crippen LogP contribution in [0.5, 0.6) is 5.75 Å². The van der Waals surface area contributed by atoms with Crippen LogP contribution in [0.1, 0.15) is 62.0 Å². The van der Waals surface area contributed by atoms with Gasteiger partial charge in [0, 0.05) is 35.6 Å². The molecule has 1 saturated carbocycles. The Bertz CT molecular complexity index is 1380. The van der Waals surface area contributed by atoms with E-state index in [1.165, 1.54) is 6.07 Å². The maximum atomic E-state index is 14.2. The highest BCUT2D eigenvalue weighted by molar-refractivity contribution is 5.92. The number of pyridine rings is 1. The Morgan fingerprint density at radius 2 is 1.79 bits per heavy atom. The van der Waals surface area contributed by atoms with Gasteiger partial charge in [0.05, 0.1) is 25.0 Å². The average molecular weight is 538 g/mol.